The quantitative estimate of drug-likeness (QED) is 0.748. The summed E-state index contributed by atoms with van der Waals surface area (Å²) in [5.41, 5.74) is 0.521. The van der Waals surface area contributed by atoms with E-state index in [0.717, 1.165) is 11.6 Å². The molecule has 0 atom stereocenters. The molecule has 4 heterocycles. The molecule has 3 aromatic rings. The van der Waals surface area contributed by atoms with Crippen LogP contribution in [0.4, 0.5) is 17.5 Å². The fourth-order valence-corrected chi connectivity index (χ4v) is 2.94. The molecule has 4 rings (SSSR count). The molecule has 0 radical (unpaired) electrons. The predicted molar refractivity (Wildman–Crippen MR) is 98.9 cm³/mol. The molecule has 0 unspecified atom stereocenters. The van der Waals surface area contributed by atoms with Crippen LogP contribution in [0.15, 0.2) is 47.2 Å². The molecular weight excluding hydrogens is 346 g/mol. The fourth-order valence-electron chi connectivity index (χ4n) is 2.94. The van der Waals surface area contributed by atoms with Gasteiger partial charge in [0.25, 0.3) is 5.91 Å². The topological polar surface area (TPSA) is 100 Å². The first-order valence-corrected chi connectivity index (χ1v) is 8.68. The Balaban J connectivity index is 1.35. The number of hydrogen-bond acceptors (Lipinski definition) is 8. The van der Waals surface area contributed by atoms with E-state index in [1.165, 1.54) is 6.20 Å². The minimum atomic E-state index is -0.0469. The summed E-state index contributed by atoms with van der Waals surface area (Å²) in [7, 11) is 0. The molecule has 0 aliphatic carbocycles. The van der Waals surface area contributed by atoms with Crippen molar-refractivity contribution in [3.63, 3.8) is 0 Å². The number of aromatic nitrogens is 4. The van der Waals surface area contributed by atoms with E-state index < -0.39 is 0 Å². The van der Waals surface area contributed by atoms with Gasteiger partial charge in [0.05, 0.1) is 6.20 Å². The fraction of sp³-hybridized carbons (Fsp3) is 0.278. The first-order valence-electron chi connectivity index (χ1n) is 8.68. The van der Waals surface area contributed by atoms with Crippen molar-refractivity contribution in [2.75, 3.05) is 36.4 Å². The number of anilines is 3. The van der Waals surface area contributed by atoms with Crippen LogP contribution in [0.1, 0.15) is 16.1 Å². The maximum atomic E-state index is 12.5. The predicted octanol–water partition coefficient (Wildman–Crippen LogP) is 1.87. The number of carbonyl (C=O) groups excluding carboxylic acids is 1. The molecule has 1 saturated heterocycles. The Bertz CT molecular complexity index is 903. The Hall–Kier alpha value is -3.49. The standard InChI is InChI=1S/C18H19N7O2/c1-13-14(12-20-27-13)18(26)25-10-8-24(9-11-25)17-6-5-16(22-23-17)21-15-4-2-3-7-19-15/h2-7,12H,8-11H2,1H3,(H,19,21,22). The van der Waals surface area contributed by atoms with E-state index in [0.29, 0.717) is 43.3 Å². The number of rotatable bonds is 4. The molecule has 1 aliphatic rings. The van der Waals surface area contributed by atoms with E-state index >= 15 is 0 Å². The summed E-state index contributed by atoms with van der Waals surface area (Å²) in [4.78, 5) is 20.6. The van der Waals surface area contributed by atoms with Crippen molar-refractivity contribution in [2.24, 2.45) is 0 Å². The summed E-state index contributed by atoms with van der Waals surface area (Å²) < 4.78 is 4.98. The maximum absolute atomic E-state index is 12.5. The van der Waals surface area contributed by atoms with E-state index in [-0.39, 0.29) is 5.91 Å². The number of nitrogens with one attached hydrogen (secondary N) is 1. The molecule has 27 heavy (non-hydrogen) atoms. The van der Waals surface area contributed by atoms with Crippen LogP contribution in [0.2, 0.25) is 0 Å². The second kappa shape index (κ2) is 7.40. The number of carbonyl (C=O) groups is 1. The van der Waals surface area contributed by atoms with E-state index in [9.17, 15) is 4.79 Å². The van der Waals surface area contributed by atoms with Gasteiger partial charge in [-0.3, -0.25) is 4.79 Å². The highest BCUT2D eigenvalue weighted by atomic mass is 16.5. The molecule has 0 saturated carbocycles. The van der Waals surface area contributed by atoms with Gasteiger partial charge in [-0.05, 0) is 31.2 Å². The average Bonchev–Trinajstić information content (AvgIpc) is 3.15. The summed E-state index contributed by atoms with van der Waals surface area (Å²) in [5, 5.41) is 15.3. The Labute approximate surface area is 156 Å². The van der Waals surface area contributed by atoms with Crippen molar-refractivity contribution in [1.82, 2.24) is 25.2 Å². The van der Waals surface area contributed by atoms with Crippen molar-refractivity contribution >= 4 is 23.4 Å². The Morgan fingerprint density at radius 2 is 1.93 bits per heavy atom. The van der Waals surface area contributed by atoms with Gasteiger partial charge in [-0.2, -0.15) is 0 Å². The SMILES string of the molecule is Cc1oncc1C(=O)N1CCN(c2ccc(Nc3ccccn3)nn2)CC1. The van der Waals surface area contributed by atoms with Crippen molar-refractivity contribution in [2.45, 2.75) is 6.92 Å². The van der Waals surface area contributed by atoms with E-state index in [1.54, 1.807) is 18.0 Å². The molecule has 9 nitrogen and oxygen atoms in total. The number of amides is 1. The molecule has 1 amide bonds. The lowest BCUT2D eigenvalue weighted by Gasteiger charge is -2.35. The number of aryl methyl sites for hydroxylation is 1. The molecule has 1 fully saturated rings. The monoisotopic (exact) mass is 365 g/mol. The summed E-state index contributed by atoms with van der Waals surface area (Å²) in [6, 6.07) is 9.41. The van der Waals surface area contributed by atoms with Crippen LogP contribution in [-0.2, 0) is 0 Å². The minimum Gasteiger partial charge on any atom is -0.361 e. The maximum Gasteiger partial charge on any atom is 0.259 e. The van der Waals surface area contributed by atoms with Crippen LogP contribution in [0.3, 0.4) is 0 Å². The third-order valence-electron chi connectivity index (χ3n) is 4.44. The van der Waals surface area contributed by atoms with Gasteiger partial charge in [-0.15, -0.1) is 10.2 Å². The van der Waals surface area contributed by atoms with Crippen LogP contribution in [0.5, 0.6) is 0 Å². The lowest BCUT2D eigenvalue weighted by molar-refractivity contribution is 0.0744. The van der Waals surface area contributed by atoms with Crippen LogP contribution >= 0.6 is 0 Å². The summed E-state index contributed by atoms with van der Waals surface area (Å²) in [6.07, 6.45) is 3.19. The summed E-state index contributed by atoms with van der Waals surface area (Å²) in [6.45, 7) is 4.35. The zero-order valence-corrected chi connectivity index (χ0v) is 14.9. The van der Waals surface area contributed by atoms with E-state index in [4.69, 9.17) is 4.52 Å². The van der Waals surface area contributed by atoms with E-state index in [2.05, 4.69) is 30.6 Å². The summed E-state index contributed by atoms with van der Waals surface area (Å²) >= 11 is 0. The second-order valence-electron chi connectivity index (χ2n) is 6.19. The second-order valence-corrected chi connectivity index (χ2v) is 6.19. The Kier molecular flexibility index (Phi) is 4.65. The molecule has 138 valence electrons. The molecule has 0 bridgehead atoms. The van der Waals surface area contributed by atoms with Crippen molar-refractivity contribution in [3.05, 3.63) is 54.0 Å². The van der Waals surface area contributed by atoms with Gasteiger partial charge in [-0.1, -0.05) is 11.2 Å². The van der Waals surface area contributed by atoms with Crippen LogP contribution in [0.25, 0.3) is 0 Å². The molecule has 0 spiro atoms. The lowest BCUT2D eigenvalue weighted by Crippen LogP contribution is -2.49. The number of piperazine rings is 1. The lowest BCUT2D eigenvalue weighted by atomic mass is 10.2. The normalized spacial score (nSPS) is 14.3. The van der Waals surface area contributed by atoms with Crippen LogP contribution in [-0.4, -0.2) is 57.3 Å². The summed E-state index contributed by atoms with van der Waals surface area (Å²) in [5.74, 6) is 2.64. The molecule has 9 heteroatoms. The third kappa shape index (κ3) is 3.71. The average molecular weight is 365 g/mol. The highest BCUT2D eigenvalue weighted by Crippen LogP contribution is 2.18. The highest BCUT2D eigenvalue weighted by molar-refractivity contribution is 5.94. The smallest absolute Gasteiger partial charge is 0.259 e. The Morgan fingerprint density at radius 3 is 2.56 bits per heavy atom. The number of hydrogen-bond donors (Lipinski definition) is 1. The van der Waals surface area contributed by atoms with Gasteiger partial charge < -0.3 is 19.6 Å². The third-order valence-corrected chi connectivity index (χ3v) is 4.44. The molecular formula is C18H19N7O2. The Morgan fingerprint density at radius 1 is 1.07 bits per heavy atom. The zero-order valence-electron chi connectivity index (χ0n) is 14.9. The van der Waals surface area contributed by atoms with Crippen LogP contribution in [0, 0.1) is 6.92 Å². The van der Waals surface area contributed by atoms with Crippen molar-refractivity contribution in [1.29, 1.82) is 0 Å². The number of pyridine rings is 1. The van der Waals surface area contributed by atoms with Gasteiger partial charge in [0.15, 0.2) is 11.6 Å². The van der Waals surface area contributed by atoms with Crippen LogP contribution < -0.4 is 10.2 Å². The van der Waals surface area contributed by atoms with Gasteiger partial charge in [0, 0.05) is 32.4 Å². The van der Waals surface area contributed by atoms with Crippen molar-refractivity contribution in [3.8, 4) is 0 Å². The highest BCUT2D eigenvalue weighted by Gasteiger charge is 2.25. The molecule has 3 aromatic heterocycles. The van der Waals surface area contributed by atoms with Gasteiger partial charge in [0.1, 0.15) is 17.1 Å². The zero-order chi connectivity index (χ0) is 18.6. The largest absolute Gasteiger partial charge is 0.361 e. The first-order chi connectivity index (χ1) is 13.2. The van der Waals surface area contributed by atoms with E-state index in [1.807, 2.05) is 30.3 Å². The van der Waals surface area contributed by atoms with Gasteiger partial charge >= 0.3 is 0 Å². The minimum absolute atomic E-state index is 0.0469. The molecule has 1 aliphatic heterocycles. The number of nitrogens with zero attached hydrogens (tertiary/aromatic N) is 6. The van der Waals surface area contributed by atoms with Crippen molar-refractivity contribution < 1.29 is 9.32 Å². The van der Waals surface area contributed by atoms with Gasteiger partial charge in [0.2, 0.25) is 0 Å². The molecule has 0 aromatic carbocycles. The van der Waals surface area contributed by atoms with Gasteiger partial charge in [-0.25, -0.2) is 4.98 Å². The molecule has 1 N–H and O–H groups in total. The first kappa shape index (κ1) is 17.0.